The Balaban J connectivity index is 1.87. The first kappa shape index (κ1) is 25.4. The summed E-state index contributed by atoms with van der Waals surface area (Å²) in [5.41, 5.74) is 1.95. The number of likely N-dealkylation sites (N-methyl/N-ethyl adjacent to an activating group) is 2. The molecule has 0 radical (unpaired) electrons. The van der Waals surface area contributed by atoms with Gasteiger partial charge in [0, 0.05) is 20.6 Å². The van der Waals surface area contributed by atoms with E-state index in [0.717, 1.165) is 26.2 Å². The molecular formula is C26H31N3O4S. The van der Waals surface area contributed by atoms with E-state index in [2.05, 4.69) is 5.32 Å². The highest BCUT2D eigenvalue weighted by Gasteiger charge is 2.31. The molecule has 0 spiro atoms. The quantitative estimate of drug-likeness (QED) is 0.508. The van der Waals surface area contributed by atoms with E-state index in [1.54, 1.807) is 18.2 Å². The van der Waals surface area contributed by atoms with Gasteiger partial charge in [-0.05, 0) is 41.8 Å². The molecule has 0 aliphatic heterocycles. The molecule has 0 saturated heterocycles. The summed E-state index contributed by atoms with van der Waals surface area (Å²) in [4.78, 5) is 27.5. The second-order valence-corrected chi connectivity index (χ2v) is 10.4. The number of sulfonamides is 1. The number of nitrogens with one attached hydrogen (secondary N) is 1. The minimum Gasteiger partial charge on any atom is -0.357 e. The number of amides is 2. The molecule has 7 nitrogen and oxygen atoms in total. The molecule has 0 saturated carbocycles. The van der Waals surface area contributed by atoms with Gasteiger partial charge in [0.15, 0.2) is 0 Å². The van der Waals surface area contributed by atoms with Crippen LogP contribution in [0.3, 0.4) is 0 Å². The summed E-state index contributed by atoms with van der Waals surface area (Å²) in [5, 5.41) is 4.34. The van der Waals surface area contributed by atoms with Gasteiger partial charge in [0.2, 0.25) is 21.8 Å². The number of fused-ring (bicyclic) bond motifs is 1. The van der Waals surface area contributed by atoms with Crippen LogP contribution in [0.25, 0.3) is 10.8 Å². The second-order valence-electron chi connectivity index (χ2n) is 8.32. The topological polar surface area (TPSA) is 86.8 Å². The second kappa shape index (κ2) is 10.8. The van der Waals surface area contributed by atoms with Gasteiger partial charge in [0.05, 0.1) is 11.4 Å². The van der Waals surface area contributed by atoms with Crippen molar-refractivity contribution in [2.75, 3.05) is 20.6 Å². The van der Waals surface area contributed by atoms with E-state index in [1.807, 2.05) is 62.4 Å². The van der Waals surface area contributed by atoms with Crippen molar-refractivity contribution in [1.82, 2.24) is 14.5 Å². The molecule has 3 aromatic rings. The number of carbonyl (C=O) groups excluding carboxylic acids is 2. The molecule has 0 heterocycles. The smallest absolute Gasteiger partial charge is 0.243 e. The van der Waals surface area contributed by atoms with Crippen LogP contribution in [-0.2, 0) is 26.2 Å². The number of aryl methyl sites for hydroxylation is 1. The fraction of sp³-hybridized carbons (Fsp3) is 0.308. The van der Waals surface area contributed by atoms with Gasteiger partial charge in [0.25, 0.3) is 0 Å². The van der Waals surface area contributed by atoms with Crippen LogP contribution in [0.2, 0.25) is 0 Å². The monoisotopic (exact) mass is 481 g/mol. The summed E-state index contributed by atoms with van der Waals surface area (Å²) in [7, 11) is -1.00. The summed E-state index contributed by atoms with van der Waals surface area (Å²) in [6.45, 7) is 3.62. The minimum absolute atomic E-state index is 0.116. The average molecular weight is 482 g/mol. The van der Waals surface area contributed by atoms with E-state index in [0.29, 0.717) is 6.42 Å². The van der Waals surface area contributed by atoms with Crippen molar-refractivity contribution >= 4 is 32.6 Å². The molecule has 1 N–H and O–H groups in total. The number of hydrogen-bond acceptors (Lipinski definition) is 4. The van der Waals surface area contributed by atoms with Crippen molar-refractivity contribution in [3.8, 4) is 0 Å². The van der Waals surface area contributed by atoms with Crippen LogP contribution in [0, 0.1) is 6.92 Å². The molecule has 0 aromatic heterocycles. The van der Waals surface area contributed by atoms with Crippen LogP contribution in [0.5, 0.6) is 0 Å². The lowest BCUT2D eigenvalue weighted by molar-refractivity contribution is -0.141. The third kappa shape index (κ3) is 5.63. The molecule has 34 heavy (non-hydrogen) atoms. The summed E-state index contributed by atoms with van der Waals surface area (Å²) < 4.78 is 27.5. The van der Waals surface area contributed by atoms with Crippen molar-refractivity contribution in [2.45, 2.75) is 37.8 Å². The number of rotatable bonds is 9. The van der Waals surface area contributed by atoms with Crippen LogP contribution in [0.4, 0.5) is 0 Å². The van der Waals surface area contributed by atoms with Crippen LogP contribution in [0.15, 0.2) is 71.6 Å². The zero-order valence-electron chi connectivity index (χ0n) is 20.0. The van der Waals surface area contributed by atoms with Gasteiger partial charge < -0.3 is 10.2 Å². The Labute approximate surface area is 201 Å². The molecule has 1 unspecified atom stereocenters. The fourth-order valence-electron chi connectivity index (χ4n) is 3.85. The van der Waals surface area contributed by atoms with Crippen molar-refractivity contribution < 1.29 is 18.0 Å². The first-order valence-corrected chi connectivity index (χ1v) is 12.6. The zero-order chi connectivity index (χ0) is 24.9. The Morgan fingerprint density at radius 2 is 1.62 bits per heavy atom. The van der Waals surface area contributed by atoms with Gasteiger partial charge in [-0.15, -0.1) is 0 Å². The van der Waals surface area contributed by atoms with E-state index in [4.69, 9.17) is 0 Å². The number of benzene rings is 3. The number of carbonyl (C=O) groups is 2. The third-order valence-corrected chi connectivity index (χ3v) is 7.69. The maximum absolute atomic E-state index is 13.4. The SMILES string of the molecule is CCC(C(=O)NC)N(Cc1ccc(C)cc1)C(=O)CN(C)S(=O)(=O)c1ccc2ccccc2c1. The number of hydrogen-bond donors (Lipinski definition) is 1. The molecule has 180 valence electrons. The summed E-state index contributed by atoms with van der Waals surface area (Å²) in [5.74, 6) is -0.731. The van der Waals surface area contributed by atoms with Crippen molar-refractivity contribution in [2.24, 2.45) is 0 Å². The van der Waals surface area contributed by atoms with Gasteiger partial charge in [0.1, 0.15) is 6.04 Å². The Kier molecular flexibility index (Phi) is 8.06. The summed E-state index contributed by atoms with van der Waals surface area (Å²) >= 11 is 0. The molecular weight excluding hydrogens is 450 g/mol. The Hall–Kier alpha value is -3.23. The fourth-order valence-corrected chi connectivity index (χ4v) is 5.01. The van der Waals surface area contributed by atoms with Crippen LogP contribution < -0.4 is 5.32 Å². The molecule has 0 fully saturated rings. The lowest BCUT2D eigenvalue weighted by atomic mass is 10.1. The lowest BCUT2D eigenvalue weighted by Gasteiger charge is -2.31. The molecule has 1 atom stereocenters. The molecule has 0 bridgehead atoms. The maximum Gasteiger partial charge on any atom is 0.243 e. The molecule has 0 aliphatic rings. The Morgan fingerprint density at radius 3 is 2.24 bits per heavy atom. The van der Waals surface area contributed by atoms with E-state index >= 15 is 0 Å². The van der Waals surface area contributed by atoms with E-state index < -0.39 is 22.0 Å². The molecule has 2 amide bonds. The first-order valence-electron chi connectivity index (χ1n) is 11.2. The molecule has 3 aromatic carbocycles. The number of nitrogens with zero attached hydrogens (tertiary/aromatic N) is 2. The highest BCUT2D eigenvalue weighted by Crippen LogP contribution is 2.22. The first-order chi connectivity index (χ1) is 16.2. The Bertz CT molecular complexity index is 1270. The van der Waals surface area contributed by atoms with Gasteiger partial charge in [-0.25, -0.2) is 8.42 Å². The van der Waals surface area contributed by atoms with Gasteiger partial charge in [-0.2, -0.15) is 4.31 Å². The predicted molar refractivity (Wildman–Crippen MR) is 134 cm³/mol. The van der Waals surface area contributed by atoms with Crippen LogP contribution >= 0.6 is 0 Å². The minimum atomic E-state index is -3.91. The van der Waals surface area contributed by atoms with Crippen LogP contribution in [-0.4, -0.2) is 56.1 Å². The highest BCUT2D eigenvalue weighted by atomic mass is 32.2. The normalized spacial score (nSPS) is 12.5. The summed E-state index contributed by atoms with van der Waals surface area (Å²) in [6.07, 6.45) is 0.401. The van der Waals surface area contributed by atoms with E-state index in [1.165, 1.54) is 19.0 Å². The highest BCUT2D eigenvalue weighted by molar-refractivity contribution is 7.89. The van der Waals surface area contributed by atoms with Crippen LogP contribution in [0.1, 0.15) is 24.5 Å². The van der Waals surface area contributed by atoms with E-state index in [9.17, 15) is 18.0 Å². The Morgan fingerprint density at radius 1 is 0.971 bits per heavy atom. The van der Waals surface area contributed by atoms with Gasteiger partial charge in [-0.1, -0.05) is 67.1 Å². The van der Waals surface area contributed by atoms with Crippen molar-refractivity contribution in [3.63, 3.8) is 0 Å². The van der Waals surface area contributed by atoms with Gasteiger partial charge in [-0.3, -0.25) is 9.59 Å². The third-order valence-electron chi connectivity index (χ3n) is 5.89. The standard InChI is InChI=1S/C26H31N3O4S/c1-5-24(26(31)27-3)29(17-20-12-10-19(2)11-13-20)25(30)18-28(4)34(32,33)23-15-14-21-8-6-7-9-22(21)16-23/h6-16,24H,5,17-18H2,1-4H3,(H,27,31). The molecule has 0 aliphatic carbocycles. The summed E-state index contributed by atoms with van der Waals surface area (Å²) in [6, 6.07) is 19.4. The zero-order valence-corrected chi connectivity index (χ0v) is 20.8. The molecule has 8 heteroatoms. The lowest BCUT2D eigenvalue weighted by Crippen LogP contribution is -2.51. The largest absolute Gasteiger partial charge is 0.357 e. The van der Waals surface area contributed by atoms with Gasteiger partial charge >= 0.3 is 0 Å². The maximum atomic E-state index is 13.4. The van der Waals surface area contributed by atoms with Crippen molar-refractivity contribution in [3.05, 3.63) is 77.9 Å². The molecule has 3 rings (SSSR count). The average Bonchev–Trinajstić information content (AvgIpc) is 2.84. The van der Waals surface area contributed by atoms with Crippen molar-refractivity contribution in [1.29, 1.82) is 0 Å². The van der Waals surface area contributed by atoms with E-state index in [-0.39, 0.29) is 23.9 Å². The predicted octanol–water partition coefficient (Wildman–Crippen LogP) is 3.32.